The third-order valence-corrected chi connectivity index (χ3v) is 21.7. The van der Waals surface area contributed by atoms with Crippen LogP contribution in [0.2, 0.25) is 0 Å². The van der Waals surface area contributed by atoms with Crippen molar-refractivity contribution in [2.45, 2.75) is 310 Å². The lowest BCUT2D eigenvalue weighted by molar-refractivity contribution is -0.197. The van der Waals surface area contributed by atoms with Crippen molar-refractivity contribution in [3.8, 4) is 0 Å². The number of hydrogen-bond acceptors (Lipinski definition) is 13. The minimum Gasteiger partial charge on any atom is -0.506 e. The van der Waals surface area contributed by atoms with Gasteiger partial charge in [-0.2, -0.15) is 0 Å². The number of hydrogen-bond donors (Lipinski definition) is 1. The summed E-state index contributed by atoms with van der Waals surface area (Å²) < 4.78 is 2.74. The first-order chi connectivity index (χ1) is 47.7. The molecular weight excluding hydrogens is 1230 g/mol. The summed E-state index contributed by atoms with van der Waals surface area (Å²) in [5.41, 5.74) is 4.18. The van der Waals surface area contributed by atoms with E-state index in [1.54, 1.807) is 0 Å². The van der Waals surface area contributed by atoms with E-state index in [0.717, 1.165) is 286 Å². The molecule has 2 saturated heterocycles. The fourth-order valence-electron chi connectivity index (χ4n) is 16.6. The molecule has 9 rings (SSSR count). The minimum atomic E-state index is -0.556. The summed E-state index contributed by atoms with van der Waals surface area (Å²) >= 11 is 0. The molecule has 2 fully saturated rings. The van der Waals surface area contributed by atoms with Gasteiger partial charge in [-0.15, -0.1) is 10.1 Å². The monoisotopic (exact) mass is 1350 g/mol. The van der Waals surface area contributed by atoms with Crippen LogP contribution in [0.1, 0.15) is 304 Å². The number of anilines is 3. The van der Waals surface area contributed by atoms with E-state index in [1.165, 1.54) is 0 Å². The molecule has 0 saturated carbocycles. The number of amides is 4. The molecule has 1 N–H and O–H groups in total. The Morgan fingerprint density at radius 2 is 0.847 bits per heavy atom. The van der Waals surface area contributed by atoms with Crippen LogP contribution in [0.25, 0.3) is 32.7 Å². The number of unbranched alkanes of at least 4 members (excludes halogenated alkanes) is 22. The number of hydroxylamine groups is 4. The van der Waals surface area contributed by atoms with E-state index in [-0.39, 0.29) is 61.4 Å². The maximum absolute atomic E-state index is 15.6. The Bertz CT molecular complexity index is 3560. The van der Waals surface area contributed by atoms with Gasteiger partial charge in [0.25, 0.3) is 23.6 Å². The summed E-state index contributed by atoms with van der Waals surface area (Å²) in [6, 6.07) is 21.9. The molecule has 534 valence electrons. The summed E-state index contributed by atoms with van der Waals surface area (Å²) in [6.45, 7) is 17.0. The van der Waals surface area contributed by atoms with E-state index in [1.807, 2.05) is 0 Å². The third kappa shape index (κ3) is 17.0. The van der Waals surface area contributed by atoms with Crippen LogP contribution in [-0.4, -0.2) is 94.1 Å². The van der Waals surface area contributed by atoms with Gasteiger partial charge < -0.3 is 29.5 Å². The highest BCUT2D eigenvalue weighted by atomic mass is 16.7. The average molecular weight is 1350 g/mol. The van der Waals surface area contributed by atoms with Crippen LogP contribution in [0.4, 0.5) is 17.1 Å². The summed E-state index contributed by atoms with van der Waals surface area (Å²) in [4.78, 5) is 110. The predicted octanol–water partition coefficient (Wildman–Crippen LogP) is 17.4. The van der Waals surface area contributed by atoms with Gasteiger partial charge in [-0.3, -0.25) is 24.0 Å². The van der Waals surface area contributed by atoms with E-state index in [9.17, 15) is 33.9 Å². The lowest BCUT2D eigenvalue weighted by atomic mass is 9.78. The van der Waals surface area contributed by atoms with Gasteiger partial charge in [-0.25, -0.2) is 14.2 Å². The van der Waals surface area contributed by atoms with Crippen molar-refractivity contribution in [2.24, 2.45) is 0 Å². The number of benzene rings is 4. The number of Topliss-reactive ketones (excluding diaryl/α,β-unsaturated/α-hetero) is 1. The standard InChI is InChI=1S/C82H116N6O10/c1-7-13-19-29-53-81(55-31-25-27-43-73(93)97-87-69(89)49-50-70(87)90)83(57-33-21-15-9-3)65-41-37-39-61-63(45-47-67(75(61)65)85(81)59-35-23-17-11-5)77-79(95)78(80(77)96)64-46-48-68-76-62(64)40-38-42-66(76)84(58-34-22-16-10-4)82(54-30-20-14-8-2,86(68)60-36-24-18-12-6)56-32-26-28-44-74(94)98-88-71(91)51-52-72(88)92/h37-42,45-48H,7-36,43-44,49-60H2,1-6H3/p+1. The molecule has 0 radical (unpaired) electrons. The molecule has 4 aliphatic heterocycles. The molecule has 2 unspecified atom stereocenters. The number of imide groups is 2. The first kappa shape index (κ1) is 75.1. The van der Waals surface area contributed by atoms with Crippen molar-refractivity contribution in [1.82, 2.24) is 14.7 Å². The topological polar surface area (TPSA) is 177 Å². The number of rotatable bonds is 45. The van der Waals surface area contributed by atoms with E-state index >= 15 is 4.79 Å². The fourth-order valence-corrected chi connectivity index (χ4v) is 16.6. The van der Waals surface area contributed by atoms with Gasteiger partial charge in [-0.1, -0.05) is 194 Å². The second-order valence-corrected chi connectivity index (χ2v) is 28.7. The quantitative estimate of drug-likeness (QED) is 0.0251. The van der Waals surface area contributed by atoms with Gasteiger partial charge in [-0.05, 0) is 123 Å². The Balaban J connectivity index is 1.13. The summed E-state index contributed by atoms with van der Waals surface area (Å²) in [7, 11) is 0. The number of aliphatic hydroxyl groups excluding tert-OH is 1. The van der Waals surface area contributed by atoms with Gasteiger partial charge in [0.15, 0.2) is 0 Å². The Kier molecular flexibility index (Phi) is 28.2. The average Bonchev–Trinajstić information content (AvgIpc) is 0.723. The zero-order valence-corrected chi connectivity index (χ0v) is 60.7. The number of ketones is 1. The minimum absolute atomic E-state index is 0.0317. The molecule has 16 nitrogen and oxygen atoms in total. The van der Waals surface area contributed by atoms with Gasteiger partial charge in [0.2, 0.25) is 16.8 Å². The fraction of sp³-hybridized carbons (Fsp3) is 0.634. The first-order valence-corrected chi connectivity index (χ1v) is 39.0. The molecule has 4 aromatic rings. The number of aliphatic hydroxyl groups is 1. The van der Waals surface area contributed by atoms with Crippen molar-refractivity contribution in [1.29, 1.82) is 0 Å². The zero-order valence-electron chi connectivity index (χ0n) is 60.7. The van der Waals surface area contributed by atoms with Crippen LogP contribution < -0.4 is 29.9 Å². The second-order valence-electron chi connectivity index (χ2n) is 28.7. The molecule has 5 aliphatic rings. The molecule has 98 heavy (non-hydrogen) atoms. The molecule has 0 aromatic heterocycles. The van der Waals surface area contributed by atoms with Gasteiger partial charge >= 0.3 is 11.9 Å². The third-order valence-electron chi connectivity index (χ3n) is 21.7. The largest absolute Gasteiger partial charge is 0.506 e. The molecule has 0 bridgehead atoms. The number of carbonyl (C=O) groups excluding carboxylic acids is 7. The van der Waals surface area contributed by atoms with Crippen LogP contribution in [0.3, 0.4) is 0 Å². The van der Waals surface area contributed by atoms with Crippen molar-refractivity contribution >= 4 is 91.1 Å². The van der Waals surface area contributed by atoms with Crippen LogP contribution >= 0.6 is 0 Å². The number of nitrogens with zero attached hydrogens (tertiary/aromatic N) is 6. The molecule has 1 aliphatic carbocycles. The number of allylic oxidation sites excluding steroid dienone is 2. The van der Waals surface area contributed by atoms with E-state index in [4.69, 9.17) is 9.68 Å². The van der Waals surface area contributed by atoms with Crippen LogP contribution in [-0.2, 0) is 43.2 Å². The van der Waals surface area contributed by atoms with Crippen molar-refractivity contribution in [2.75, 3.05) is 40.9 Å². The predicted molar refractivity (Wildman–Crippen MR) is 393 cm³/mol. The lowest BCUT2D eigenvalue weighted by Gasteiger charge is -2.57. The van der Waals surface area contributed by atoms with Crippen LogP contribution in [0.15, 0.2) is 66.4 Å². The van der Waals surface area contributed by atoms with Gasteiger partial charge in [0.05, 0.1) is 22.2 Å². The maximum atomic E-state index is 15.6. The van der Waals surface area contributed by atoms with Crippen molar-refractivity contribution in [3.05, 3.63) is 82.6 Å². The Labute approximate surface area is 584 Å². The normalized spacial score (nSPS) is 19.0. The van der Waals surface area contributed by atoms with Crippen LogP contribution in [0, 0.1) is 0 Å². The van der Waals surface area contributed by atoms with Crippen LogP contribution in [0.5, 0.6) is 0 Å². The molecule has 2 atom stereocenters. The van der Waals surface area contributed by atoms with Gasteiger partial charge in [0, 0.05) is 100 Å². The van der Waals surface area contributed by atoms with Gasteiger partial charge in [0.1, 0.15) is 18.0 Å². The molecule has 16 heteroatoms. The molecular formula is C82H117N6O10+. The first-order valence-electron chi connectivity index (χ1n) is 39.0. The Hall–Kier alpha value is -7.10. The lowest BCUT2D eigenvalue weighted by Crippen LogP contribution is -2.65. The highest BCUT2D eigenvalue weighted by Gasteiger charge is 2.51. The van der Waals surface area contributed by atoms with Crippen molar-refractivity contribution in [3.63, 3.8) is 0 Å². The van der Waals surface area contributed by atoms with Crippen molar-refractivity contribution < 1.29 is 48.3 Å². The Morgan fingerprint density at radius 3 is 1.33 bits per heavy atom. The molecule has 0 spiro atoms. The number of carbonyl (C=O) groups is 7. The highest BCUT2D eigenvalue weighted by molar-refractivity contribution is 6.53. The zero-order chi connectivity index (χ0) is 69.6. The molecule has 4 aromatic carbocycles. The highest BCUT2D eigenvalue weighted by Crippen LogP contribution is 2.53. The maximum Gasteiger partial charge on any atom is 0.333 e. The van der Waals surface area contributed by atoms with E-state index in [2.05, 4.69) is 121 Å². The second kappa shape index (κ2) is 36.8. The molecule has 4 heterocycles. The van der Waals surface area contributed by atoms with E-state index < -0.39 is 35.6 Å². The molecule has 4 amide bonds. The summed E-state index contributed by atoms with van der Waals surface area (Å²) in [6.07, 6.45) is 35.2. The summed E-state index contributed by atoms with van der Waals surface area (Å²) in [5.74, 6) is -3.11. The Morgan fingerprint density at radius 1 is 0.429 bits per heavy atom. The smallest absolute Gasteiger partial charge is 0.333 e. The SMILES string of the molecule is CCCCCCN1c2cccc3c(C4=C(O)C(=c5ccc6c7c(cccc57)N(CCCCCC)C(CCCCCC)(CCCCCC(=O)ON5C(=O)CCC5=O)[N+]=6CCCCCC)C4=O)ccc(c23)N(CCCCCC)C1(CCCCCC)CCCCCC(=O)ON1C(=O)CCC1=O. The van der Waals surface area contributed by atoms with E-state index in [0.29, 0.717) is 34.1 Å². The summed E-state index contributed by atoms with van der Waals surface area (Å²) in [5, 5.41) is 20.3.